The molecule has 2 aromatic heterocycles. The zero-order valence-corrected chi connectivity index (χ0v) is 13.9. The molecular weight excluding hydrogens is 328 g/mol. The van der Waals surface area contributed by atoms with E-state index in [1.54, 1.807) is 4.52 Å². The van der Waals surface area contributed by atoms with E-state index in [1.807, 2.05) is 31.2 Å². The van der Waals surface area contributed by atoms with E-state index < -0.39 is 6.04 Å². The number of hydrogen-bond acceptors (Lipinski definition) is 5. The largest absolute Gasteiger partial charge is 0.368 e. The lowest BCUT2D eigenvalue weighted by Crippen LogP contribution is -2.56. The molecule has 1 aliphatic heterocycles. The molecule has 1 amide bonds. The van der Waals surface area contributed by atoms with Crippen LogP contribution >= 0.6 is 11.6 Å². The molecule has 0 spiro atoms. The highest BCUT2D eigenvalue weighted by atomic mass is 35.5. The van der Waals surface area contributed by atoms with Crippen LogP contribution in [0.2, 0.25) is 5.02 Å². The molecule has 1 aliphatic rings. The van der Waals surface area contributed by atoms with Crippen LogP contribution in [-0.2, 0) is 4.79 Å². The van der Waals surface area contributed by atoms with Gasteiger partial charge in [0.05, 0.1) is 11.2 Å². The van der Waals surface area contributed by atoms with Gasteiger partial charge in [0, 0.05) is 25.0 Å². The molecule has 124 valence electrons. The van der Waals surface area contributed by atoms with E-state index >= 15 is 0 Å². The molecule has 8 heteroatoms. The van der Waals surface area contributed by atoms with Crippen molar-refractivity contribution in [3.8, 4) is 0 Å². The molecule has 3 heterocycles. The average molecular weight is 345 g/mol. The van der Waals surface area contributed by atoms with Crippen molar-refractivity contribution in [3.05, 3.63) is 35.0 Å². The summed E-state index contributed by atoms with van der Waals surface area (Å²) in [7, 11) is 0. The average Bonchev–Trinajstić information content (AvgIpc) is 2.89. The number of nitrogens with one attached hydrogen (secondary N) is 1. The minimum Gasteiger partial charge on any atom is -0.368 e. The first kappa shape index (κ1) is 15.2. The van der Waals surface area contributed by atoms with Crippen molar-refractivity contribution in [3.63, 3.8) is 0 Å². The number of benzene rings is 1. The van der Waals surface area contributed by atoms with Crippen LogP contribution in [0.5, 0.6) is 0 Å². The summed E-state index contributed by atoms with van der Waals surface area (Å²) in [6.07, 6.45) is 0. The molecular formula is C16H17ClN6O. The summed E-state index contributed by atoms with van der Waals surface area (Å²) in [6.45, 7) is 3.75. The molecule has 3 aromatic rings. The zero-order valence-electron chi connectivity index (χ0n) is 13.2. The molecule has 1 saturated heterocycles. The third kappa shape index (κ3) is 2.28. The van der Waals surface area contributed by atoms with Crippen LogP contribution in [0.15, 0.2) is 24.3 Å². The number of anilines is 1. The summed E-state index contributed by atoms with van der Waals surface area (Å²) < 4.78 is 1.77. The molecule has 24 heavy (non-hydrogen) atoms. The number of rotatable bonds is 2. The first-order valence-electron chi connectivity index (χ1n) is 7.77. The number of primary amides is 1. The fourth-order valence-corrected chi connectivity index (χ4v) is 3.30. The van der Waals surface area contributed by atoms with Gasteiger partial charge < -0.3 is 16.0 Å². The zero-order chi connectivity index (χ0) is 16.8. The lowest BCUT2D eigenvalue weighted by Gasteiger charge is -2.33. The molecule has 0 aliphatic carbocycles. The lowest BCUT2D eigenvalue weighted by atomic mass is 10.1. The van der Waals surface area contributed by atoms with Crippen LogP contribution in [0.4, 0.5) is 5.82 Å². The molecule has 4 rings (SSSR count). The quantitative estimate of drug-likeness (QED) is 0.727. The summed E-state index contributed by atoms with van der Waals surface area (Å²) in [4.78, 5) is 18.4. The van der Waals surface area contributed by atoms with Crippen LogP contribution in [0.1, 0.15) is 5.69 Å². The van der Waals surface area contributed by atoms with Crippen molar-refractivity contribution in [2.24, 2.45) is 5.73 Å². The highest BCUT2D eigenvalue weighted by Crippen LogP contribution is 2.30. The Kier molecular flexibility index (Phi) is 3.54. The minimum atomic E-state index is -0.391. The summed E-state index contributed by atoms with van der Waals surface area (Å²) in [5.41, 5.74) is 7.75. The molecule has 0 bridgehead atoms. The second kappa shape index (κ2) is 5.61. The van der Waals surface area contributed by atoms with Gasteiger partial charge in [0.25, 0.3) is 0 Å². The summed E-state index contributed by atoms with van der Waals surface area (Å²) in [5.74, 6) is 0.441. The van der Waals surface area contributed by atoms with Crippen molar-refractivity contribution >= 4 is 39.9 Å². The number of piperazine rings is 1. The highest BCUT2D eigenvalue weighted by Gasteiger charge is 2.26. The Bertz CT molecular complexity index is 953. The lowest BCUT2D eigenvalue weighted by molar-refractivity contribution is -0.120. The molecule has 0 saturated carbocycles. The number of amides is 1. The first-order valence-corrected chi connectivity index (χ1v) is 8.15. The van der Waals surface area contributed by atoms with Gasteiger partial charge in [-0.3, -0.25) is 4.79 Å². The van der Waals surface area contributed by atoms with E-state index in [0.29, 0.717) is 23.8 Å². The molecule has 3 N–H and O–H groups in total. The smallest absolute Gasteiger partial charge is 0.236 e. The fourth-order valence-electron chi connectivity index (χ4n) is 3.14. The van der Waals surface area contributed by atoms with Gasteiger partial charge in [-0.05, 0) is 19.1 Å². The third-order valence-corrected chi connectivity index (χ3v) is 4.81. The van der Waals surface area contributed by atoms with E-state index in [2.05, 4.69) is 15.3 Å². The van der Waals surface area contributed by atoms with Crippen LogP contribution in [-0.4, -0.2) is 46.2 Å². The van der Waals surface area contributed by atoms with E-state index in [0.717, 1.165) is 29.0 Å². The maximum atomic E-state index is 11.5. The predicted octanol–water partition coefficient (Wildman–Crippen LogP) is 1.11. The third-order valence-electron chi connectivity index (χ3n) is 4.37. The molecule has 7 nitrogen and oxygen atoms in total. The van der Waals surface area contributed by atoms with Crippen molar-refractivity contribution in [2.75, 3.05) is 24.5 Å². The highest BCUT2D eigenvalue weighted by molar-refractivity contribution is 6.34. The Hall–Kier alpha value is -2.38. The van der Waals surface area contributed by atoms with Gasteiger partial charge in [-0.2, -0.15) is 5.10 Å². The number of aryl methyl sites for hydroxylation is 1. The Morgan fingerprint density at radius 3 is 3.00 bits per heavy atom. The van der Waals surface area contributed by atoms with Gasteiger partial charge in [-0.1, -0.05) is 23.7 Å². The number of fused-ring (bicyclic) bond motifs is 3. The topological polar surface area (TPSA) is 88.6 Å². The second-order valence-electron chi connectivity index (χ2n) is 5.94. The molecule has 0 radical (unpaired) electrons. The van der Waals surface area contributed by atoms with Crippen LogP contribution in [0.3, 0.4) is 0 Å². The number of nitrogens with zero attached hydrogens (tertiary/aromatic N) is 4. The maximum Gasteiger partial charge on any atom is 0.236 e. The van der Waals surface area contributed by atoms with Crippen molar-refractivity contribution in [1.29, 1.82) is 0 Å². The van der Waals surface area contributed by atoms with Crippen molar-refractivity contribution < 1.29 is 4.79 Å². The summed E-state index contributed by atoms with van der Waals surface area (Å²) >= 11 is 6.38. The number of aromatic nitrogens is 3. The predicted molar refractivity (Wildman–Crippen MR) is 93.4 cm³/mol. The number of halogens is 1. The summed E-state index contributed by atoms with van der Waals surface area (Å²) in [6, 6.07) is 7.52. The molecule has 1 fully saturated rings. The number of carbonyl (C=O) groups is 1. The standard InChI is InChI=1S/C16H17ClN6O/c1-9-13(17)16-20-15(22-7-6-19-11(8-22)14(18)24)10-4-2-3-5-12(10)23(16)21-9/h2-5,11,19H,6-8H2,1H3,(H2,18,24). The van der Waals surface area contributed by atoms with Crippen LogP contribution in [0, 0.1) is 6.92 Å². The van der Waals surface area contributed by atoms with Crippen LogP contribution in [0.25, 0.3) is 16.6 Å². The fraction of sp³-hybridized carbons (Fsp3) is 0.312. The number of carbonyl (C=O) groups excluding carboxylic acids is 1. The monoisotopic (exact) mass is 344 g/mol. The number of nitrogens with two attached hydrogens (primary N) is 1. The first-order chi connectivity index (χ1) is 11.6. The Balaban J connectivity index is 1.93. The number of hydrogen-bond donors (Lipinski definition) is 2. The van der Waals surface area contributed by atoms with E-state index in [-0.39, 0.29) is 5.91 Å². The van der Waals surface area contributed by atoms with E-state index in [4.69, 9.17) is 22.3 Å². The van der Waals surface area contributed by atoms with Crippen molar-refractivity contribution in [2.45, 2.75) is 13.0 Å². The van der Waals surface area contributed by atoms with Gasteiger partial charge in [0.2, 0.25) is 5.91 Å². The normalized spacial score (nSPS) is 18.4. The van der Waals surface area contributed by atoms with Gasteiger partial charge in [-0.15, -0.1) is 0 Å². The van der Waals surface area contributed by atoms with Gasteiger partial charge in [0.1, 0.15) is 16.9 Å². The number of para-hydroxylation sites is 1. The van der Waals surface area contributed by atoms with E-state index in [9.17, 15) is 4.79 Å². The Morgan fingerprint density at radius 1 is 1.42 bits per heavy atom. The van der Waals surface area contributed by atoms with Crippen molar-refractivity contribution in [1.82, 2.24) is 19.9 Å². The minimum absolute atomic E-state index is 0.358. The van der Waals surface area contributed by atoms with Crippen LogP contribution < -0.4 is 16.0 Å². The SMILES string of the molecule is Cc1nn2c(nc(N3CCNC(C(N)=O)C3)c3ccccc32)c1Cl. The summed E-state index contributed by atoms with van der Waals surface area (Å²) in [5, 5.41) is 9.13. The second-order valence-corrected chi connectivity index (χ2v) is 6.32. The van der Waals surface area contributed by atoms with Gasteiger partial charge in [-0.25, -0.2) is 9.50 Å². The molecule has 1 aromatic carbocycles. The molecule has 1 unspecified atom stereocenters. The van der Waals surface area contributed by atoms with E-state index in [1.165, 1.54) is 0 Å². The molecule has 1 atom stereocenters. The Morgan fingerprint density at radius 2 is 2.21 bits per heavy atom. The van der Waals surface area contributed by atoms with Gasteiger partial charge >= 0.3 is 0 Å². The Labute approximate surface area is 143 Å². The maximum absolute atomic E-state index is 11.5. The van der Waals surface area contributed by atoms with Gasteiger partial charge in [0.15, 0.2) is 5.65 Å².